The molecule has 7 heteroatoms. The van der Waals surface area contributed by atoms with Gasteiger partial charge in [-0.3, -0.25) is 4.98 Å². The molecule has 1 aliphatic rings. The zero-order valence-electron chi connectivity index (χ0n) is 14.3. The minimum absolute atomic E-state index is 0.0583. The molecule has 0 radical (unpaired) electrons. The van der Waals surface area contributed by atoms with Gasteiger partial charge in [-0.05, 0) is 43.2 Å². The highest BCUT2D eigenvalue weighted by molar-refractivity contribution is 7.16. The Balaban J connectivity index is 1.26. The van der Waals surface area contributed by atoms with Crippen LogP contribution in [0.2, 0.25) is 0 Å². The topological polar surface area (TPSA) is 67.4 Å². The van der Waals surface area contributed by atoms with Crippen LogP contribution in [-0.4, -0.2) is 40.1 Å². The number of pyridine rings is 1. The lowest BCUT2D eigenvalue weighted by Crippen LogP contribution is -2.43. The number of rotatable bonds is 4. The van der Waals surface area contributed by atoms with Crippen LogP contribution in [0.3, 0.4) is 0 Å². The van der Waals surface area contributed by atoms with Crippen LogP contribution in [0.25, 0.3) is 10.2 Å². The normalized spacial score (nSPS) is 15.3. The molecule has 26 heavy (non-hydrogen) atoms. The van der Waals surface area contributed by atoms with Gasteiger partial charge in [-0.1, -0.05) is 6.07 Å². The van der Waals surface area contributed by atoms with E-state index in [1.165, 1.54) is 0 Å². The molecule has 3 heterocycles. The average Bonchev–Trinajstić information content (AvgIpc) is 3.15. The van der Waals surface area contributed by atoms with Gasteiger partial charge in [-0.15, -0.1) is 11.3 Å². The first-order valence-electron chi connectivity index (χ1n) is 8.68. The smallest absolute Gasteiger partial charge is 0.321 e. The molecule has 3 aromatic rings. The van der Waals surface area contributed by atoms with Gasteiger partial charge in [-0.2, -0.15) is 0 Å². The maximum atomic E-state index is 12.5. The van der Waals surface area contributed by atoms with Gasteiger partial charge in [0.2, 0.25) is 0 Å². The van der Waals surface area contributed by atoms with Crippen molar-refractivity contribution < 1.29 is 9.53 Å². The molecule has 1 saturated heterocycles. The van der Waals surface area contributed by atoms with Gasteiger partial charge in [-0.25, -0.2) is 9.78 Å². The zero-order chi connectivity index (χ0) is 17.8. The number of anilines is 1. The highest BCUT2D eigenvalue weighted by Crippen LogP contribution is 2.22. The number of likely N-dealkylation sites (tertiary alicyclic amines) is 1. The van der Waals surface area contributed by atoms with Crippen LogP contribution in [-0.2, 0) is 11.3 Å². The third-order valence-electron chi connectivity index (χ3n) is 4.50. The maximum Gasteiger partial charge on any atom is 0.321 e. The number of urea groups is 1. The Labute approximate surface area is 155 Å². The summed E-state index contributed by atoms with van der Waals surface area (Å²) < 4.78 is 7.00. The van der Waals surface area contributed by atoms with Crippen LogP contribution in [0, 0.1) is 0 Å². The molecule has 0 bridgehead atoms. The largest absolute Gasteiger partial charge is 0.372 e. The van der Waals surface area contributed by atoms with Crippen LogP contribution >= 0.6 is 11.3 Å². The highest BCUT2D eigenvalue weighted by Gasteiger charge is 2.23. The van der Waals surface area contributed by atoms with Gasteiger partial charge < -0.3 is 15.0 Å². The number of carbonyl (C=O) groups excluding carboxylic acids is 1. The van der Waals surface area contributed by atoms with Crippen molar-refractivity contribution in [2.24, 2.45) is 0 Å². The number of hydrogen-bond acceptors (Lipinski definition) is 5. The minimum atomic E-state index is -0.0583. The average molecular weight is 368 g/mol. The summed E-state index contributed by atoms with van der Waals surface area (Å²) in [5.41, 5.74) is 4.51. The fourth-order valence-corrected chi connectivity index (χ4v) is 3.76. The van der Waals surface area contributed by atoms with Gasteiger partial charge in [0, 0.05) is 25.0 Å². The summed E-state index contributed by atoms with van der Waals surface area (Å²) >= 11 is 1.57. The summed E-state index contributed by atoms with van der Waals surface area (Å²) in [4.78, 5) is 22.8. The molecule has 1 aliphatic heterocycles. The summed E-state index contributed by atoms with van der Waals surface area (Å²) in [5, 5.41) is 2.98. The molecule has 1 fully saturated rings. The monoisotopic (exact) mass is 368 g/mol. The number of amides is 2. The lowest BCUT2D eigenvalue weighted by atomic mass is 10.1. The predicted molar refractivity (Wildman–Crippen MR) is 102 cm³/mol. The number of nitrogens with zero attached hydrogens (tertiary/aromatic N) is 3. The van der Waals surface area contributed by atoms with E-state index in [9.17, 15) is 4.79 Å². The van der Waals surface area contributed by atoms with Crippen LogP contribution in [0.1, 0.15) is 18.5 Å². The predicted octanol–water partition coefficient (Wildman–Crippen LogP) is 3.90. The molecule has 0 spiro atoms. The summed E-state index contributed by atoms with van der Waals surface area (Å²) in [6, 6.07) is 11.5. The summed E-state index contributed by atoms with van der Waals surface area (Å²) in [6.07, 6.45) is 3.63. The SMILES string of the molecule is O=C(Nc1ccc2ncsc2c1)N1CCC(OCc2ccccn2)CC1. The van der Waals surface area contributed by atoms with Crippen molar-refractivity contribution in [3.8, 4) is 0 Å². The number of benzene rings is 1. The zero-order valence-corrected chi connectivity index (χ0v) is 15.1. The number of fused-ring (bicyclic) bond motifs is 1. The van der Waals surface area contributed by atoms with Crippen LogP contribution in [0.4, 0.5) is 10.5 Å². The van der Waals surface area contributed by atoms with Gasteiger partial charge >= 0.3 is 6.03 Å². The molecule has 2 aromatic heterocycles. The molecular formula is C19H20N4O2S. The van der Waals surface area contributed by atoms with Crippen molar-refractivity contribution in [3.05, 3.63) is 53.8 Å². The summed E-state index contributed by atoms with van der Waals surface area (Å²) in [7, 11) is 0. The van der Waals surface area contributed by atoms with E-state index in [2.05, 4.69) is 15.3 Å². The van der Waals surface area contributed by atoms with E-state index < -0.39 is 0 Å². The number of thiazole rings is 1. The molecule has 0 atom stereocenters. The minimum Gasteiger partial charge on any atom is -0.372 e. The number of piperidine rings is 1. The van der Waals surface area contributed by atoms with Crippen molar-refractivity contribution in [1.29, 1.82) is 0 Å². The number of carbonyl (C=O) groups is 1. The number of aromatic nitrogens is 2. The first-order chi connectivity index (χ1) is 12.8. The molecule has 1 aromatic carbocycles. The van der Waals surface area contributed by atoms with Gasteiger partial charge in [0.05, 0.1) is 34.1 Å². The quantitative estimate of drug-likeness (QED) is 0.758. The molecule has 0 unspecified atom stereocenters. The molecule has 0 aliphatic carbocycles. The summed E-state index contributed by atoms with van der Waals surface area (Å²) in [5.74, 6) is 0. The highest BCUT2D eigenvalue weighted by atomic mass is 32.1. The fourth-order valence-electron chi connectivity index (χ4n) is 3.05. The standard InChI is InChI=1S/C19H20N4O2S/c24-19(22-14-4-5-17-18(11-14)26-13-21-17)23-9-6-16(7-10-23)25-12-15-3-1-2-8-20-15/h1-5,8,11,13,16H,6-7,9-10,12H2,(H,22,24). The third-order valence-corrected chi connectivity index (χ3v) is 5.30. The second kappa shape index (κ2) is 7.80. The van der Waals surface area contributed by atoms with E-state index in [4.69, 9.17) is 4.74 Å². The number of hydrogen-bond donors (Lipinski definition) is 1. The molecule has 4 rings (SSSR count). The number of nitrogens with one attached hydrogen (secondary N) is 1. The Hall–Kier alpha value is -2.51. The van der Waals surface area contributed by atoms with E-state index >= 15 is 0 Å². The van der Waals surface area contributed by atoms with Crippen LogP contribution < -0.4 is 5.32 Å². The van der Waals surface area contributed by atoms with Crippen molar-refractivity contribution in [3.63, 3.8) is 0 Å². The van der Waals surface area contributed by atoms with E-state index in [1.807, 2.05) is 46.8 Å². The van der Waals surface area contributed by atoms with E-state index in [0.717, 1.165) is 34.4 Å². The second-order valence-corrected chi connectivity index (χ2v) is 7.17. The Kier molecular flexibility index (Phi) is 5.08. The molecule has 1 N–H and O–H groups in total. The van der Waals surface area contributed by atoms with Crippen molar-refractivity contribution >= 4 is 33.3 Å². The van der Waals surface area contributed by atoms with Crippen molar-refractivity contribution in [2.75, 3.05) is 18.4 Å². The number of ether oxygens (including phenoxy) is 1. The maximum absolute atomic E-state index is 12.5. The fraction of sp³-hybridized carbons (Fsp3) is 0.316. The molecule has 2 amide bonds. The molecular weight excluding hydrogens is 348 g/mol. The van der Waals surface area contributed by atoms with Crippen molar-refractivity contribution in [1.82, 2.24) is 14.9 Å². The van der Waals surface area contributed by atoms with Gasteiger partial charge in [0.25, 0.3) is 0 Å². The third kappa shape index (κ3) is 4.00. The first kappa shape index (κ1) is 16.9. The second-order valence-electron chi connectivity index (χ2n) is 6.28. The molecule has 0 saturated carbocycles. The lowest BCUT2D eigenvalue weighted by Gasteiger charge is -2.31. The van der Waals surface area contributed by atoms with Gasteiger partial charge in [0.1, 0.15) is 0 Å². The lowest BCUT2D eigenvalue weighted by molar-refractivity contribution is 0.00399. The van der Waals surface area contributed by atoms with Gasteiger partial charge in [0.15, 0.2) is 0 Å². The summed E-state index contributed by atoms with van der Waals surface area (Å²) in [6.45, 7) is 1.91. The molecule has 6 nitrogen and oxygen atoms in total. The molecule has 134 valence electrons. The van der Waals surface area contributed by atoms with E-state index in [-0.39, 0.29) is 12.1 Å². The Morgan fingerprint density at radius 2 is 2.12 bits per heavy atom. The van der Waals surface area contributed by atoms with Crippen molar-refractivity contribution in [2.45, 2.75) is 25.6 Å². The Bertz CT molecular complexity index is 875. The first-order valence-corrected chi connectivity index (χ1v) is 9.56. The van der Waals surface area contributed by atoms with Crippen LogP contribution in [0.5, 0.6) is 0 Å². The van der Waals surface area contributed by atoms with E-state index in [1.54, 1.807) is 17.5 Å². The Morgan fingerprint density at radius 3 is 2.92 bits per heavy atom. The van der Waals surface area contributed by atoms with Crippen LogP contribution in [0.15, 0.2) is 48.1 Å². The Morgan fingerprint density at radius 1 is 1.23 bits per heavy atom. The van der Waals surface area contributed by atoms with E-state index in [0.29, 0.717) is 19.7 Å².